The SMILES string of the molecule is CN1CCN2c3ccc(NC(=O)C4CC4)nc3OC[C@H]2C1. The van der Waals surface area contributed by atoms with Gasteiger partial charge in [0.05, 0.1) is 6.04 Å². The molecule has 1 aromatic rings. The molecular formula is C15H20N4O2. The van der Waals surface area contributed by atoms with Crippen molar-refractivity contribution in [2.75, 3.05) is 43.5 Å². The lowest BCUT2D eigenvalue weighted by molar-refractivity contribution is -0.117. The molecule has 1 saturated carbocycles. The van der Waals surface area contributed by atoms with Crippen LogP contribution in [0.15, 0.2) is 12.1 Å². The highest BCUT2D eigenvalue weighted by Crippen LogP contribution is 2.35. The fraction of sp³-hybridized carbons (Fsp3) is 0.600. The number of hydrogen-bond acceptors (Lipinski definition) is 5. The van der Waals surface area contributed by atoms with Crippen molar-refractivity contribution in [3.8, 4) is 5.88 Å². The van der Waals surface area contributed by atoms with Crippen LogP contribution in [0, 0.1) is 5.92 Å². The van der Waals surface area contributed by atoms with Crippen molar-refractivity contribution in [3.05, 3.63) is 12.1 Å². The highest BCUT2D eigenvalue weighted by Gasteiger charge is 2.33. The Balaban J connectivity index is 1.54. The van der Waals surface area contributed by atoms with Gasteiger partial charge in [0.25, 0.3) is 0 Å². The Morgan fingerprint density at radius 2 is 2.24 bits per heavy atom. The van der Waals surface area contributed by atoms with Crippen molar-refractivity contribution in [3.63, 3.8) is 0 Å². The minimum Gasteiger partial charge on any atom is -0.474 e. The number of aromatic nitrogens is 1. The van der Waals surface area contributed by atoms with Gasteiger partial charge in [-0.2, -0.15) is 4.98 Å². The van der Waals surface area contributed by atoms with E-state index in [1.165, 1.54) is 0 Å². The lowest BCUT2D eigenvalue weighted by atomic mass is 10.1. The molecule has 3 aliphatic rings. The monoisotopic (exact) mass is 288 g/mol. The molecule has 0 spiro atoms. The predicted molar refractivity (Wildman–Crippen MR) is 79.7 cm³/mol. The third kappa shape index (κ3) is 2.44. The van der Waals surface area contributed by atoms with Crippen LogP contribution in [0.4, 0.5) is 11.5 Å². The van der Waals surface area contributed by atoms with E-state index >= 15 is 0 Å². The van der Waals surface area contributed by atoms with Crippen LogP contribution in [0.5, 0.6) is 5.88 Å². The van der Waals surface area contributed by atoms with E-state index in [1.807, 2.05) is 12.1 Å². The van der Waals surface area contributed by atoms with E-state index in [4.69, 9.17) is 4.74 Å². The molecule has 21 heavy (non-hydrogen) atoms. The number of rotatable bonds is 2. The van der Waals surface area contributed by atoms with Crippen molar-refractivity contribution < 1.29 is 9.53 Å². The van der Waals surface area contributed by atoms with Gasteiger partial charge in [-0.05, 0) is 32.0 Å². The highest BCUT2D eigenvalue weighted by molar-refractivity contribution is 5.93. The van der Waals surface area contributed by atoms with E-state index in [1.54, 1.807) is 0 Å². The maximum absolute atomic E-state index is 11.8. The molecule has 0 radical (unpaired) electrons. The second-order valence-corrected chi connectivity index (χ2v) is 6.20. The van der Waals surface area contributed by atoms with E-state index in [9.17, 15) is 4.79 Å². The topological polar surface area (TPSA) is 57.7 Å². The van der Waals surface area contributed by atoms with Gasteiger partial charge in [-0.15, -0.1) is 0 Å². The number of nitrogens with one attached hydrogen (secondary N) is 1. The maximum Gasteiger partial charge on any atom is 0.239 e. The van der Waals surface area contributed by atoms with E-state index < -0.39 is 0 Å². The second-order valence-electron chi connectivity index (χ2n) is 6.20. The number of fused-ring (bicyclic) bond motifs is 3. The summed E-state index contributed by atoms with van der Waals surface area (Å²) in [7, 11) is 2.14. The third-order valence-electron chi connectivity index (χ3n) is 4.45. The molecule has 6 heteroatoms. The fourth-order valence-electron chi connectivity index (χ4n) is 3.05. The molecule has 1 saturated heterocycles. The second kappa shape index (κ2) is 4.87. The summed E-state index contributed by atoms with van der Waals surface area (Å²) >= 11 is 0. The van der Waals surface area contributed by atoms with Crippen LogP contribution >= 0.6 is 0 Å². The van der Waals surface area contributed by atoms with Crippen LogP contribution in [-0.2, 0) is 4.79 Å². The number of piperazine rings is 1. The highest BCUT2D eigenvalue weighted by atomic mass is 16.5. The number of ether oxygens (including phenoxy) is 1. The summed E-state index contributed by atoms with van der Waals surface area (Å²) < 4.78 is 5.81. The number of likely N-dealkylation sites (N-methyl/N-ethyl adjacent to an activating group) is 1. The zero-order valence-corrected chi connectivity index (χ0v) is 12.2. The molecule has 0 aromatic carbocycles. The molecule has 1 atom stereocenters. The predicted octanol–water partition coefficient (Wildman–Crippen LogP) is 0.943. The van der Waals surface area contributed by atoms with Gasteiger partial charge in [0.2, 0.25) is 11.8 Å². The van der Waals surface area contributed by atoms with E-state index in [0.717, 1.165) is 38.2 Å². The normalized spacial score (nSPS) is 24.8. The van der Waals surface area contributed by atoms with Crippen LogP contribution in [-0.4, -0.2) is 55.1 Å². The van der Waals surface area contributed by atoms with Crippen molar-refractivity contribution in [2.45, 2.75) is 18.9 Å². The van der Waals surface area contributed by atoms with Crippen LogP contribution in [0.25, 0.3) is 0 Å². The Morgan fingerprint density at radius 3 is 3.05 bits per heavy atom. The lowest BCUT2D eigenvalue weighted by Gasteiger charge is -2.44. The van der Waals surface area contributed by atoms with Crippen LogP contribution in [0.2, 0.25) is 0 Å². The van der Waals surface area contributed by atoms with E-state index in [-0.39, 0.29) is 11.8 Å². The molecule has 112 valence electrons. The van der Waals surface area contributed by atoms with Gasteiger partial charge in [0.15, 0.2) is 0 Å². The van der Waals surface area contributed by atoms with Gasteiger partial charge in [0.1, 0.15) is 18.1 Å². The van der Waals surface area contributed by atoms with E-state index in [2.05, 4.69) is 27.1 Å². The standard InChI is InChI=1S/C15H20N4O2/c1-18-6-7-19-11(8-18)9-21-15-12(19)4-5-13(17-15)16-14(20)10-2-3-10/h4-5,10-11H,2-3,6-9H2,1H3,(H,16,17,20)/t11-/m1/s1. The third-order valence-corrected chi connectivity index (χ3v) is 4.45. The lowest BCUT2D eigenvalue weighted by Crippen LogP contribution is -2.56. The van der Waals surface area contributed by atoms with Crippen molar-refractivity contribution in [1.29, 1.82) is 0 Å². The molecule has 2 aliphatic heterocycles. The van der Waals surface area contributed by atoms with Gasteiger partial charge in [-0.3, -0.25) is 4.79 Å². The van der Waals surface area contributed by atoms with Gasteiger partial charge in [0, 0.05) is 25.6 Å². The first-order valence-corrected chi connectivity index (χ1v) is 7.60. The number of amides is 1. The van der Waals surface area contributed by atoms with Gasteiger partial charge < -0.3 is 19.9 Å². The van der Waals surface area contributed by atoms with Gasteiger partial charge in [-0.1, -0.05) is 0 Å². The number of pyridine rings is 1. The quantitative estimate of drug-likeness (QED) is 0.878. The number of carbonyl (C=O) groups excluding carboxylic acids is 1. The average Bonchev–Trinajstić information content (AvgIpc) is 3.31. The van der Waals surface area contributed by atoms with Crippen LogP contribution < -0.4 is 15.0 Å². The molecule has 1 aliphatic carbocycles. The number of carbonyl (C=O) groups is 1. The zero-order chi connectivity index (χ0) is 14.4. The van der Waals surface area contributed by atoms with Crippen molar-refractivity contribution in [1.82, 2.24) is 9.88 Å². The first kappa shape index (κ1) is 12.9. The molecule has 6 nitrogen and oxygen atoms in total. The molecule has 1 aromatic heterocycles. The summed E-state index contributed by atoms with van der Waals surface area (Å²) in [6.45, 7) is 3.72. The summed E-state index contributed by atoms with van der Waals surface area (Å²) in [6.07, 6.45) is 1.99. The molecule has 0 bridgehead atoms. The largest absolute Gasteiger partial charge is 0.474 e. The maximum atomic E-state index is 11.8. The molecular weight excluding hydrogens is 268 g/mol. The average molecular weight is 288 g/mol. The molecule has 3 heterocycles. The minimum atomic E-state index is 0.0794. The molecule has 1 amide bonds. The number of nitrogens with zero attached hydrogens (tertiary/aromatic N) is 3. The molecule has 2 fully saturated rings. The summed E-state index contributed by atoms with van der Waals surface area (Å²) in [5, 5.41) is 2.88. The van der Waals surface area contributed by atoms with Gasteiger partial charge >= 0.3 is 0 Å². The van der Waals surface area contributed by atoms with Gasteiger partial charge in [-0.25, -0.2) is 0 Å². The number of hydrogen-bond donors (Lipinski definition) is 1. The summed E-state index contributed by atoms with van der Waals surface area (Å²) in [4.78, 5) is 21.0. The smallest absolute Gasteiger partial charge is 0.239 e. The van der Waals surface area contributed by atoms with E-state index in [0.29, 0.717) is 24.3 Å². The minimum absolute atomic E-state index is 0.0794. The summed E-state index contributed by atoms with van der Waals surface area (Å²) in [5.74, 6) is 1.50. The zero-order valence-electron chi connectivity index (χ0n) is 12.2. The van der Waals surface area contributed by atoms with Crippen molar-refractivity contribution in [2.24, 2.45) is 5.92 Å². The van der Waals surface area contributed by atoms with Crippen LogP contribution in [0.3, 0.4) is 0 Å². The molecule has 4 rings (SSSR count). The molecule has 0 unspecified atom stereocenters. The summed E-state index contributed by atoms with van der Waals surface area (Å²) in [5.41, 5.74) is 1.05. The van der Waals surface area contributed by atoms with Crippen molar-refractivity contribution >= 4 is 17.4 Å². The first-order valence-electron chi connectivity index (χ1n) is 7.60. The summed E-state index contributed by atoms with van der Waals surface area (Å²) in [6, 6.07) is 4.29. The first-order chi connectivity index (χ1) is 10.2. The Hall–Kier alpha value is -1.82. The Morgan fingerprint density at radius 1 is 1.38 bits per heavy atom. The number of anilines is 2. The Labute approximate surface area is 124 Å². The Bertz CT molecular complexity index is 573. The van der Waals surface area contributed by atoms with Crippen LogP contribution in [0.1, 0.15) is 12.8 Å². The fourth-order valence-corrected chi connectivity index (χ4v) is 3.05. The molecule has 1 N–H and O–H groups in total. The Kier molecular flexibility index (Phi) is 2.99.